The molecular formula is C14H22N2O2. The number of amides is 1. The van der Waals surface area contributed by atoms with Crippen LogP contribution in [0.2, 0.25) is 0 Å². The van der Waals surface area contributed by atoms with Gasteiger partial charge in [-0.3, -0.25) is 4.79 Å². The first-order chi connectivity index (χ1) is 8.56. The molecule has 0 aliphatic heterocycles. The summed E-state index contributed by atoms with van der Waals surface area (Å²) in [6, 6.07) is 6.98. The summed E-state index contributed by atoms with van der Waals surface area (Å²) in [7, 11) is 0. The van der Waals surface area contributed by atoms with Gasteiger partial charge in [-0.25, -0.2) is 0 Å². The van der Waals surface area contributed by atoms with E-state index in [9.17, 15) is 4.79 Å². The number of nitrogens with one attached hydrogen (secondary N) is 1. The molecule has 18 heavy (non-hydrogen) atoms. The predicted molar refractivity (Wildman–Crippen MR) is 72.4 cm³/mol. The molecule has 0 saturated carbocycles. The van der Waals surface area contributed by atoms with Crippen molar-refractivity contribution in [3.8, 4) is 5.75 Å². The molecule has 0 spiro atoms. The van der Waals surface area contributed by atoms with E-state index in [-0.39, 0.29) is 5.91 Å². The molecule has 0 aromatic heterocycles. The predicted octanol–water partition coefficient (Wildman–Crippen LogP) is 1.86. The smallest absolute Gasteiger partial charge is 0.239 e. The number of hydrogen-bond donors (Lipinski definition) is 2. The SMILES string of the molecule is CCOc1ccccc1C(NCC(C)C)C(N)=O. The van der Waals surface area contributed by atoms with Crippen molar-refractivity contribution in [1.29, 1.82) is 0 Å². The monoisotopic (exact) mass is 250 g/mol. The Morgan fingerprint density at radius 2 is 2.06 bits per heavy atom. The fourth-order valence-electron chi connectivity index (χ4n) is 1.72. The maximum atomic E-state index is 11.6. The molecule has 1 rings (SSSR count). The van der Waals surface area contributed by atoms with Crippen LogP contribution in [-0.4, -0.2) is 19.1 Å². The number of para-hydroxylation sites is 1. The van der Waals surface area contributed by atoms with Crippen molar-refractivity contribution in [3.63, 3.8) is 0 Å². The Kier molecular flexibility index (Phi) is 5.65. The quantitative estimate of drug-likeness (QED) is 0.776. The molecular weight excluding hydrogens is 228 g/mol. The first-order valence-electron chi connectivity index (χ1n) is 6.30. The van der Waals surface area contributed by atoms with E-state index < -0.39 is 6.04 Å². The van der Waals surface area contributed by atoms with Gasteiger partial charge in [0, 0.05) is 5.56 Å². The minimum atomic E-state index is -0.504. The van der Waals surface area contributed by atoms with Crippen molar-refractivity contribution in [2.75, 3.05) is 13.2 Å². The van der Waals surface area contributed by atoms with Crippen molar-refractivity contribution >= 4 is 5.91 Å². The molecule has 4 heteroatoms. The van der Waals surface area contributed by atoms with Gasteiger partial charge in [-0.1, -0.05) is 32.0 Å². The Hall–Kier alpha value is -1.55. The fraction of sp³-hybridized carbons (Fsp3) is 0.500. The number of ether oxygens (including phenoxy) is 1. The zero-order chi connectivity index (χ0) is 13.5. The summed E-state index contributed by atoms with van der Waals surface area (Å²) in [6.45, 7) is 7.37. The van der Waals surface area contributed by atoms with E-state index in [0.29, 0.717) is 18.3 Å². The summed E-state index contributed by atoms with van der Waals surface area (Å²) in [4.78, 5) is 11.6. The minimum Gasteiger partial charge on any atom is -0.494 e. The topological polar surface area (TPSA) is 64.3 Å². The summed E-state index contributed by atoms with van der Waals surface area (Å²) >= 11 is 0. The van der Waals surface area contributed by atoms with Gasteiger partial charge in [0.2, 0.25) is 5.91 Å². The zero-order valence-corrected chi connectivity index (χ0v) is 11.3. The highest BCUT2D eigenvalue weighted by molar-refractivity contribution is 5.82. The second kappa shape index (κ2) is 7.01. The molecule has 3 N–H and O–H groups in total. The first-order valence-corrected chi connectivity index (χ1v) is 6.30. The van der Waals surface area contributed by atoms with Crippen LogP contribution in [0.3, 0.4) is 0 Å². The average molecular weight is 250 g/mol. The van der Waals surface area contributed by atoms with Crippen LogP contribution in [0.4, 0.5) is 0 Å². The number of nitrogens with two attached hydrogens (primary N) is 1. The summed E-state index contributed by atoms with van der Waals surface area (Å²) in [6.07, 6.45) is 0. The standard InChI is InChI=1S/C14H22N2O2/c1-4-18-12-8-6-5-7-11(12)13(14(15)17)16-9-10(2)3/h5-8,10,13,16H,4,9H2,1-3H3,(H2,15,17). The molecule has 1 aromatic rings. The number of rotatable bonds is 7. The van der Waals surface area contributed by atoms with Gasteiger partial charge < -0.3 is 15.8 Å². The summed E-state index contributed by atoms with van der Waals surface area (Å²) in [5.41, 5.74) is 6.26. The molecule has 0 aliphatic rings. The van der Waals surface area contributed by atoms with Gasteiger partial charge in [0.15, 0.2) is 0 Å². The van der Waals surface area contributed by atoms with Crippen LogP contribution in [0, 0.1) is 5.92 Å². The van der Waals surface area contributed by atoms with Crippen molar-refractivity contribution in [2.45, 2.75) is 26.8 Å². The van der Waals surface area contributed by atoms with Gasteiger partial charge in [0.05, 0.1) is 6.61 Å². The van der Waals surface area contributed by atoms with Crippen molar-refractivity contribution in [3.05, 3.63) is 29.8 Å². The Morgan fingerprint density at radius 3 is 2.61 bits per heavy atom. The molecule has 0 fully saturated rings. The van der Waals surface area contributed by atoms with E-state index in [4.69, 9.17) is 10.5 Å². The first kappa shape index (κ1) is 14.5. The highest BCUT2D eigenvalue weighted by atomic mass is 16.5. The molecule has 0 aliphatic carbocycles. The molecule has 4 nitrogen and oxygen atoms in total. The van der Waals surface area contributed by atoms with Crippen LogP contribution in [0.15, 0.2) is 24.3 Å². The van der Waals surface area contributed by atoms with E-state index in [2.05, 4.69) is 19.2 Å². The Balaban J connectivity index is 2.94. The molecule has 1 atom stereocenters. The number of benzene rings is 1. The van der Waals surface area contributed by atoms with Crippen LogP contribution >= 0.6 is 0 Å². The van der Waals surface area contributed by atoms with Crippen molar-refractivity contribution < 1.29 is 9.53 Å². The van der Waals surface area contributed by atoms with Gasteiger partial charge in [-0.15, -0.1) is 0 Å². The van der Waals surface area contributed by atoms with E-state index >= 15 is 0 Å². The number of primary amides is 1. The third-order valence-corrected chi connectivity index (χ3v) is 2.54. The van der Waals surface area contributed by atoms with E-state index in [1.807, 2.05) is 31.2 Å². The van der Waals surface area contributed by atoms with E-state index in [0.717, 1.165) is 12.1 Å². The fourth-order valence-corrected chi connectivity index (χ4v) is 1.72. The summed E-state index contributed by atoms with van der Waals surface area (Å²) < 4.78 is 5.53. The highest BCUT2D eigenvalue weighted by Gasteiger charge is 2.21. The van der Waals surface area contributed by atoms with Crippen LogP contribution in [-0.2, 0) is 4.79 Å². The van der Waals surface area contributed by atoms with Crippen LogP contribution in [0.5, 0.6) is 5.75 Å². The van der Waals surface area contributed by atoms with Crippen LogP contribution < -0.4 is 15.8 Å². The zero-order valence-electron chi connectivity index (χ0n) is 11.3. The molecule has 1 unspecified atom stereocenters. The van der Waals surface area contributed by atoms with Crippen molar-refractivity contribution in [1.82, 2.24) is 5.32 Å². The second-order valence-electron chi connectivity index (χ2n) is 4.61. The second-order valence-corrected chi connectivity index (χ2v) is 4.61. The third kappa shape index (κ3) is 4.04. The normalized spacial score (nSPS) is 12.4. The molecule has 1 amide bonds. The number of hydrogen-bond acceptors (Lipinski definition) is 3. The lowest BCUT2D eigenvalue weighted by Gasteiger charge is -2.20. The molecule has 1 aromatic carbocycles. The molecule has 0 heterocycles. The lowest BCUT2D eigenvalue weighted by Crippen LogP contribution is -2.35. The van der Waals surface area contributed by atoms with Crippen molar-refractivity contribution in [2.24, 2.45) is 11.7 Å². The van der Waals surface area contributed by atoms with E-state index in [1.165, 1.54) is 0 Å². The number of carbonyl (C=O) groups excluding carboxylic acids is 1. The third-order valence-electron chi connectivity index (χ3n) is 2.54. The van der Waals surface area contributed by atoms with Gasteiger partial charge in [-0.2, -0.15) is 0 Å². The lowest BCUT2D eigenvalue weighted by molar-refractivity contribution is -0.120. The largest absolute Gasteiger partial charge is 0.494 e. The summed E-state index contributed by atoms with van der Waals surface area (Å²) in [5, 5.41) is 3.18. The van der Waals surface area contributed by atoms with Gasteiger partial charge in [0.1, 0.15) is 11.8 Å². The Bertz CT molecular complexity index is 391. The van der Waals surface area contributed by atoms with Gasteiger partial charge in [0.25, 0.3) is 0 Å². The van der Waals surface area contributed by atoms with Crippen LogP contribution in [0.1, 0.15) is 32.4 Å². The molecule has 0 radical (unpaired) electrons. The molecule has 0 saturated heterocycles. The maximum Gasteiger partial charge on any atom is 0.239 e. The van der Waals surface area contributed by atoms with Crippen LogP contribution in [0.25, 0.3) is 0 Å². The molecule has 100 valence electrons. The number of carbonyl (C=O) groups is 1. The lowest BCUT2D eigenvalue weighted by atomic mass is 10.0. The van der Waals surface area contributed by atoms with Gasteiger partial charge in [-0.05, 0) is 25.5 Å². The summed E-state index contributed by atoms with van der Waals surface area (Å²) in [5.74, 6) is 0.772. The Labute approximate surface area is 109 Å². The van der Waals surface area contributed by atoms with E-state index in [1.54, 1.807) is 0 Å². The van der Waals surface area contributed by atoms with Gasteiger partial charge >= 0.3 is 0 Å². The Morgan fingerprint density at radius 1 is 1.39 bits per heavy atom. The molecule has 0 bridgehead atoms. The minimum absolute atomic E-state index is 0.386. The highest BCUT2D eigenvalue weighted by Crippen LogP contribution is 2.25. The average Bonchev–Trinajstić information content (AvgIpc) is 2.31. The maximum absolute atomic E-state index is 11.6.